The molecule has 4 heteroatoms. The summed E-state index contributed by atoms with van der Waals surface area (Å²) in [5.41, 5.74) is 0. The second-order valence-corrected chi connectivity index (χ2v) is 3.07. The molecule has 0 aliphatic rings. The van der Waals surface area contributed by atoms with Gasteiger partial charge in [-0.15, -0.1) is 0 Å². The van der Waals surface area contributed by atoms with E-state index in [-0.39, 0.29) is 0 Å². The lowest BCUT2D eigenvalue weighted by molar-refractivity contribution is 0.613. The Balaban J connectivity index is 2.78. The predicted molar refractivity (Wildman–Crippen MR) is 56.9 cm³/mol. The van der Waals surface area contributed by atoms with Gasteiger partial charge in [0.05, 0.1) is 0 Å². The number of rotatable bonds is 2. The first-order valence-electron chi connectivity index (χ1n) is 3.95. The van der Waals surface area contributed by atoms with Crippen molar-refractivity contribution in [1.82, 2.24) is 0 Å². The molecule has 0 fully saturated rings. The van der Waals surface area contributed by atoms with Gasteiger partial charge < -0.3 is 8.58 Å². The van der Waals surface area contributed by atoms with E-state index in [1.54, 1.807) is 12.1 Å². The average molecular weight is 229 g/mol. The number of hydrogen-bond donors (Lipinski definition) is 0. The second kappa shape index (κ2) is 3.95. The van der Waals surface area contributed by atoms with Gasteiger partial charge >= 0.3 is 0 Å². The zero-order chi connectivity index (χ0) is 9.97. The van der Waals surface area contributed by atoms with Crippen LogP contribution in [-0.2, 0) is 0 Å². The minimum Gasteiger partial charge on any atom is -0.385 e. The standard InChI is InChI=1S/C10H6Cl2O2/c11-13-9-5-6-10(14-12)8-4-2-1-3-7(8)9/h1-6H. The van der Waals surface area contributed by atoms with Crippen LogP contribution in [0.2, 0.25) is 0 Å². The summed E-state index contributed by atoms with van der Waals surface area (Å²) in [6.45, 7) is 0. The predicted octanol–water partition coefficient (Wildman–Crippen LogP) is 3.91. The SMILES string of the molecule is ClOc1ccc(OCl)c2ccccc12. The fourth-order valence-corrected chi connectivity index (χ4v) is 1.65. The van der Waals surface area contributed by atoms with Crippen LogP contribution in [0.5, 0.6) is 11.5 Å². The molecule has 14 heavy (non-hydrogen) atoms. The first-order chi connectivity index (χ1) is 6.86. The van der Waals surface area contributed by atoms with E-state index in [0.717, 1.165) is 10.8 Å². The van der Waals surface area contributed by atoms with Crippen LogP contribution >= 0.6 is 23.7 Å². The van der Waals surface area contributed by atoms with E-state index in [0.29, 0.717) is 11.5 Å². The first-order valence-corrected chi connectivity index (χ1v) is 4.57. The highest BCUT2D eigenvalue weighted by molar-refractivity contribution is 6.12. The van der Waals surface area contributed by atoms with Gasteiger partial charge in [-0.3, -0.25) is 0 Å². The van der Waals surface area contributed by atoms with Crippen molar-refractivity contribution in [2.45, 2.75) is 0 Å². The van der Waals surface area contributed by atoms with Crippen LogP contribution in [0.15, 0.2) is 36.4 Å². The third-order valence-corrected chi connectivity index (χ3v) is 2.34. The Labute approximate surface area is 91.3 Å². The van der Waals surface area contributed by atoms with Crippen LogP contribution in [-0.4, -0.2) is 0 Å². The molecule has 0 amide bonds. The molecule has 0 saturated heterocycles. The number of halogens is 2. The van der Waals surface area contributed by atoms with Crippen molar-refractivity contribution in [1.29, 1.82) is 0 Å². The Kier molecular flexibility index (Phi) is 2.66. The molecule has 0 spiro atoms. The maximum absolute atomic E-state index is 5.33. The van der Waals surface area contributed by atoms with Crippen molar-refractivity contribution in [3.8, 4) is 11.5 Å². The summed E-state index contributed by atoms with van der Waals surface area (Å²) in [6.07, 6.45) is 0. The molecule has 0 heterocycles. The Morgan fingerprint density at radius 2 is 1.14 bits per heavy atom. The maximum Gasteiger partial charge on any atom is 0.154 e. The third kappa shape index (κ3) is 1.47. The van der Waals surface area contributed by atoms with Crippen molar-refractivity contribution in [2.24, 2.45) is 0 Å². The number of hydrogen-bond acceptors (Lipinski definition) is 2. The summed E-state index contributed by atoms with van der Waals surface area (Å²) in [6, 6.07) is 10.9. The fraction of sp³-hybridized carbons (Fsp3) is 0. The molecule has 72 valence electrons. The summed E-state index contributed by atoms with van der Waals surface area (Å²) < 4.78 is 9.40. The minimum atomic E-state index is 0.583. The van der Waals surface area contributed by atoms with Gasteiger partial charge in [0.25, 0.3) is 0 Å². The molecule has 0 aromatic heterocycles. The Morgan fingerprint density at radius 1 is 0.714 bits per heavy atom. The summed E-state index contributed by atoms with van der Waals surface area (Å²) in [5.74, 6) is 1.17. The van der Waals surface area contributed by atoms with Gasteiger partial charge in [-0.1, -0.05) is 24.3 Å². The highest BCUT2D eigenvalue weighted by atomic mass is 35.5. The van der Waals surface area contributed by atoms with E-state index < -0.39 is 0 Å². The summed E-state index contributed by atoms with van der Waals surface area (Å²) in [4.78, 5) is 0. The smallest absolute Gasteiger partial charge is 0.154 e. The topological polar surface area (TPSA) is 18.5 Å². The van der Waals surface area contributed by atoms with E-state index in [2.05, 4.69) is 0 Å². The molecule has 0 saturated carbocycles. The van der Waals surface area contributed by atoms with Crippen molar-refractivity contribution in [3.05, 3.63) is 36.4 Å². The lowest BCUT2D eigenvalue weighted by Crippen LogP contribution is -1.82. The largest absolute Gasteiger partial charge is 0.385 e. The molecule has 0 aliphatic heterocycles. The van der Waals surface area contributed by atoms with E-state index in [4.69, 9.17) is 32.3 Å². The zero-order valence-corrected chi connectivity index (χ0v) is 8.55. The monoisotopic (exact) mass is 228 g/mol. The van der Waals surface area contributed by atoms with Crippen LogP contribution in [0.25, 0.3) is 10.8 Å². The molecule has 0 unspecified atom stereocenters. The van der Waals surface area contributed by atoms with Crippen molar-refractivity contribution in [2.75, 3.05) is 0 Å². The third-order valence-electron chi connectivity index (χ3n) is 2.01. The maximum atomic E-state index is 5.33. The van der Waals surface area contributed by atoms with Crippen LogP contribution in [0.1, 0.15) is 0 Å². The van der Waals surface area contributed by atoms with Gasteiger partial charge in [0.15, 0.2) is 11.5 Å². The molecule has 0 bridgehead atoms. The minimum absolute atomic E-state index is 0.583. The molecule has 0 atom stereocenters. The Bertz CT molecular complexity index is 414. The van der Waals surface area contributed by atoms with Gasteiger partial charge in [0.1, 0.15) is 23.7 Å². The van der Waals surface area contributed by atoms with Crippen molar-refractivity contribution in [3.63, 3.8) is 0 Å². The van der Waals surface area contributed by atoms with E-state index in [9.17, 15) is 0 Å². The van der Waals surface area contributed by atoms with E-state index >= 15 is 0 Å². The molecular weight excluding hydrogens is 223 g/mol. The molecule has 0 radical (unpaired) electrons. The Hall–Kier alpha value is -1.12. The zero-order valence-electron chi connectivity index (χ0n) is 7.04. The number of fused-ring (bicyclic) bond motifs is 1. The Morgan fingerprint density at radius 3 is 1.50 bits per heavy atom. The normalized spacial score (nSPS) is 10.1. The molecule has 2 rings (SSSR count). The van der Waals surface area contributed by atoms with Gasteiger partial charge in [0.2, 0.25) is 0 Å². The number of benzene rings is 2. The van der Waals surface area contributed by atoms with Crippen LogP contribution in [0.3, 0.4) is 0 Å². The quantitative estimate of drug-likeness (QED) is 0.777. The highest BCUT2D eigenvalue weighted by Gasteiger charge is 2.06. The molecule has 2 aromatic carbocycles. The second-order valence-electron chi connectivity index (χ2n) is 2.76. The van der Waals surface area contributed by atoms with Gasteiger partial charge in [0, 0.05) is 10.8 Å². The fourth-order valence-electron chi connectivity index (χ4n) is 1.38. The molecular formula is C10H6Cl2O2. The lowest BCUT2D eigenvalue weighted by atomic mass is 10.1. The van der Waals surface area contributed by atoms with Gasteiger partial charge in [-0.25, -0.2) is 0 Å². The molecule has 2 aromatic rings. The van der Waals surface area contributed by atoms with Crippen LogP contribution in [0, 0.1) is 0 Å². The summed E-state index contributed by atoms with van der Waals surface area (Å²) in [7, 11) is 0. The van der Waals surface area contributed by atoms with E-state index in [1.165, 1.54) is 0 Å². The summed E-state index contributed by atoms with van der Waals surface area (Å²) in [5, 5.41) is 1.72. The average Bonchev–Trinajstić information content (AvgIpc) is 2.27. The van der Waals surface area contributed by atoms with Crippen LogP contribution < -0.4 is 8.58 Å². The first kappa shape index (κ1) is 9.44. The highest BCUT2D eigenvalue weighted by Crippen LogP contribution is 2.33. The molecule has 2 nitrogen and oxygen atoms in total. The van der Waals surface area contributed by atoms with Gasteiger partial charge in [-0.2, -0.15) is 0 Å². The molecule has 0 aliphatic carbocycles. The van der Waals surface area contributed by atoms with Crippen molar-refractivity contribution >= 4 is 34.5 Å². The van der Waals surface area contributed by atoms with Crippen molar-refractivity contribution < 1.29 is 8.58 Å². The van der Waals surface area contributed by atoms with Gasteiger partial charge in [-0.05, 0) is 12.1 Å². The molecule has 0 N–H and O–H groups in total. The van der Waals surface area contributed by atoms with E-state index in [1.807, 2.05) is 24.3 Å². The lowest BCUT2D eigenvalue weighted by Gasteiger charge is -2.05. The summed E-state index contributed by atoms with van der Waals surface area (Å²) >= 11 is 10.7. The van der Waals surface area contributed by atoms with Crippen LogP contribution in [0.4, 0.5) is 0 Å².